The van der Waals surface area contributed by atoms with Gasteiger partial charge in [-0.1, -0.05) is 77.0 Å². The molecule has 0 aliphatic carbocycles. The minimum Gasteiger partial charge on any atom is -0.494 e. The summed E-state index contributed by atoms with van der Waals surface area (Å²) in [5, 5.41) is 0. The Hall–Kier alpha value is -3.34. The van der Waals surface area contributed by atoms with E-state index in [2.05, 4.69) is 13.8 Å². The summed E-state index contributed by atoms with van der Waals surface area (Å²) in [4.78, 5) is 12.6. The number of carbonyl (C=O) groups is 1. The van der Waals surface area contributed by atoms with Crippen LogP contribution in [0, 0.1) is 5.82 Å². The van der Waals surface area contributed by atoms with Crippen molar-refractivity contribution in [2.24, 2.45) is 0 Å². The van der Waals surface area contributed by atoms with E-state index < -0.39 is 5.97 Å². The SMILES string of the molecule is CCCCCCCOc1ccc(OC(=O)c2ccc(-c3ccc(OCCCCCC)c(F)c3)cc2)cc1. The van der Waals surface area contributed by atoms with Gasteiger partial charge in [0, 0.05) is 0 Å². The minimum atomic E-state index is -0.450. The van der Waals surface area contributed by atoms with Crippen molar-refractivity contribution >= 4 is 5.97 Å². The topological polar surface area (TPSA) is 44.8 Å². The van der Waals surface area contributed by atoms with Crippen LogP contribution in [0.2, 0.25) is 0 Å². The molecule has 0 aliphatic rings. The average molecular weight is 507 g/mol. The molecule has 0 saturated heterocycles. The highest BCUT2D eigenvalue weighted by Crippen LogP contribution is 2.27. The molecule has 0 radical (unpaired) electrons. The van der Waals surface area contributed by atoms with Crippen molar-refractivity contribution in [1.29, 1.82) is 0 Å². The number of esters is 1. The van der Waals surface area contributed by atoms with Gasteiger partial charge in [0.1, 0.15) is 11.5 Å². The maximum Gasteiger partial charge on any atom is 0.343 e. The van der Waals surface area contributed by atoms with E-state index in [-0.39, 0.29) is 11.6 Å². The molecule has 37 heavy (non-hydrogen) atoms. The van der Waals surface area contributed by atoms with Crippen molar-refractivity contribution in [3.05, 3.63) is 78.1 Å². The normalized spacial score (nSPS) is 10.8. The summed E-state index contributed by atoms with van der Waals surface area (Å²) in [5.74, 6) is 0.648. The number of benzene rings is 3. The van der Waals surface area contributed by atoms with Crippen LogP contribution in [0.25, 0.3) is 11.1 Å². The van der Waals surface area contributed by atoms with E-state index in [1.54, 1.807) is 42.5 Å². The highest BCUT2D eigenvalue weighted by Gasteiger charge is 2.11. The Morgan fingerprint density at radius 1 is 0.649 bits per heavy atom. The van der Waals surface area contributed by atoms with Crippen LogP contribution in [0.15, 0.2) is 66.7 Å². The molecule has 3 rings (SSSR count). The minimum absolute atomic E-state index is 0.267. The van der Waals surface area contributed by atoms with Gasteiger partial charge in [0.2, 0.25) is 0 Å². The lowest BCUT2D eigenvalue weighted by Gasteiger charge is -2.10. The molecule has 0 aliphatic heterocycles. The third-order valence-corrected chi connectivity index (χ3v) is 6.19. The summed E-state index contributed by atoms with van der Waals surface area (Å²) in [7, 11) is 0. The van der Waals surface area contributed by atoms with Gasteiger partial charge in [-0.2, -0.15) is 0 Å². The molecule has 3 aromatic carbocycles. The lowest BCUT2D eigenvalue weighted by molar-refractivity contribution is 0.0734. The largest absolute Gasteiger partial charge is 0.494 e. The van der Waals surface area contributed by atoms with Gasteiger partial charge in [-0.15, -0.1) is 0 Å². The zero-order chi connectivity index (χ0) is 26.3. The fourth-order valence-electron chi connectivity index (χ4n) is 3.97. The molecular formula is C32H39FO4. The summed E-state index contributed by atoms with van der Waals surface area (Å²) in [6.07, 6.45) is 10.3. The van der Waals surface area contributed by atoms with Crippen molar-refractivity contribution in [3.63, 3.8) is 0 Å². The molecule has 0 unspecified atom stereocenters. The molecule has 0 aromatic heterocycles. The van der Waals surface area contributed by atoms with Crippen molar-refractivity contribution in [2.45, 2.75) is 71.6 Å². The first kappa shape index (κ1) is 28.2. The maximum absolute atomic E-state index is 14.5. The summed E-state index contributed by atoms with van der Waals surface area (Å²) in [5.41, 5.74) is 1.95. The fraction of sp³-hybridized carbons (Fsp3) is 0.406. The summed E-state index contributed by atoms with van der Waals surface area (Å²) < 4.78 is 31.4. The third-order valence-electron chi connectivity index (χ3n) is 6.19. The lowest BCUT2D eigenvalue weighted by Crippen LogP contribution is -2.08. The zero-order valence-corrected chi connectivity index (χ0v) is 22.1. The number of unbranched alkanes of at least 4 members (excludes halogenated alkanes) is 7. The molecule has 3 aromatic rings. The molecule has 0 atom stereocenters. The average Bonchev–Trinajstić information content (AvgIpc) is 2.92. The van der Waals surface area contributed by atoms with Gasteiger partial charge in [-0.05, 0) is 72.5 Å². The van der Waals surface area contributed by atoms with Crippen LogP contribution in [-0.2, 0) is 0 Å². The van der Waals surface area contributed by atoms with E-state index in [0.717, 1.165) is 49.0 Å². The monoisotopic (exact) mass is 506 g/mol. The Kier molecular flexibility index (Phi) is 12.0. The van der Waals surface area contributed by atoms with Crippen LogP contribution >= 0.6 is 0 Å². The Balaban J connectivity index is 1.48. The first-order chi connectivity index (χ1) is 18.1. The van der Waals surface area contributed by atoms with Gasteiger partial charge in [0.25, 0.3) is 0 Å². The first-order valence-electron chi connectivity index (χ1n) is 13.6. The second-order valence-corrected chi connectivity index (χ2v) is 9.26. The zero-order valence-electron chi connectivity index (χ0n) is 22.1. The second-order valence-electron chi connectivity index (χ2n) is 9.26. The fourth-order valence-corrected chi connectivity index (χ4v) is 3.97. The van der Waals surface area contributed by atoms with Gasteiger partial charge in [-0.3, -0.25) is 0 Å². The molecule has 0 N–H and O–H groups in total. The maximum atomic E-state index is 14.5. The standard InChI is InChI=1S/C32H39FO4/c1-3-5-7-9-11-22-35-28-17-19-29(20-18-28)37-32(34)26-14-12-25(13-15-26)27-16-21-31(30(33)24-27)36-23-10-8-6-4-2/h12-21,24H,3-11,22-23H2,1-2H3. The Morgan fingerprint density at radius 3 is 1.86 bits per heavy atom. The van der Waals surface area contributed by atoms with Crippen molar-refractivity contribution < 1.29 is 23.4 Å². The predicted molar refractivity (Wildman–Crippen MR) is 147 cm³/mol. The number of hydrogen-bond acceptors (Lipinski definition) is 4. The molecule has 0 saturated carbocycles. The van der Waals surface area contributed by atoms with Crippen LogP contribution in [0.4, 0.5) is 4.39 Å². The number of ether oxygens (including phenoxy) is 3. The van der Waals surface area contributed by atoms with E-state index >= 15 is 0 Å². The first-order valence-corrected chi connectivity index (χ1v) is 13.6. The van der Waals surface area contributed by atoms with Crippen molar-refractivity contribution in [1.82, 2.24) is 0 Å². The van der Waals surface area contributed by atoms with Crippen molar-refractivity contribution in [2.75, 3.05) is 13.2 Å². The van der Waals surface area contributed by atoms with E-state index in [0.29, 0.717) is 24.5 Å². The molecule has 0 heterocycles. The highest BCUT2D eigenvalue weighted by molar-refractivity contribution is 5.91. The Morgan fingerprint density at radius 2 is 1.22 bits per heavy atom. The molecule has 5 heteroatoms. The van der Waals surface area contributed by atoms with Crippen LogP contribution < -0.4 is 14.2 Å². The smallest absolute Gasteiger partial charge is 0.343 e. The van der Waals surface area contributed by atoms with Gasteiger partial charge < -0.3 is 14.2 Å². The van der Waals surface area contributed by atoms with Crippen LogP contribution in [0.3, 0.4) is 0 Å². The number of carbonyl (C=O) groups excluding carboxylic acids is 1. The number of rotatable bonds is 16. The Labute approximate surface area is 220 Å². The van der Waals surface area contributed by atoms with Crippen LogP contribution in [0.1, 0.15) is 82.0 Å². The second kappa shape index (κ2) is 15.7. The highest BCUT2D eigenvalue weighted by atomic mass is 19.1. The Bertz CT molecular complexity index is 1080. The molecule has 0 fully saturated rings. The molecule has 0 spiro atoms. The van der Waals surface area contributed by atoms with Gasteiger partial charge in [0.15, 0.2) is 11.6 Å². The number of halogens is 1. The molecule has 4 nitrogen and oxygen atoms in total. The molecular weight excluding hydrogens is 467 g/mol. The summed E-state index contributed by atoms with van der Waals surface area (Å²) >= 11 is 0. The summed E-state index contributed by atoms with van der Waals surface area (Å²) in [6.45, 7) is 5.56. The van der Waals surface area contributed by atoms with Gasteiger partial charge >= 0.3 is 5.97 Å². The third kappa shape index (κ3) is 9.56. The van der Waals surface area contributed by atoms with Crippen LogP contribution in [0.5, 0.6) is 17.2 Å². The van der Waals surface area contributed by atoms with E-state index in [1.807, 2.05) is 18.2 Å². The van der Waals surface area contributed by atoms with Gasteiger partial charge in [-0.25, -0.2) is 9.18 Å². The van der Waals surface area contributed by atoms with Crippen LogP contribution in [-0.4, -0.2) is 19.2 Å². The predicted octanol–water partition coefficient (Wildman–Crippen LogP) is 9.02. The van der Waals surface area contributed by atoms with Gasteiger partial charge in [0.05, 0.1) is 18.8 Å². The molecule has 198 valence electrons. The molecule has 0 amide bonds. The lowest BCUT2D eigenvalue weighted by atomic mass is 10.0. The quantitative estimate of drug-likeness (QED) is 0.110. The molecule has 0 bridgehead atoms. The number of hydrogen-bond donors (Lipinski definition) is 0. The van der Waals surface area contributed by atoms with Crippen molar-refractivity contribution in [3.8, 4) is 28.4 Å². The van der Waals surface area contributed by atoms with E-state index in [9.17, 15) is 9.18 Å². The van der Waals surface area contributed by atoms with E-state index in [4.69, 9.17) is 14.2 Å². The van der Waals surface area contributed by atoms with E-state index in [1.165, 1.54) is 31.7 Å². The summed E-state index contributed by atoms with van der Waals surface area (Å²) in [6, 6.07) is 19.0.